The Bertz CT molecular complexity index is 968. The van der Waals surface area contributed by atoms with Gasteiger partial charge in [-0.3, -0.25) is 9.78 Å². The van der Waals surface area contributed by atoms with Crippen LogP contribution < -0.4 is 10.1 Å². The van der Waals surface area contributed by atoms with E-state index in [-0.39, 0.29) is 11.8 Å². The van der Waals surface area contributed by atoms with Gasteiger partial charge in [-0.15, -0.1) is 0 Å². The predicted molar refractivity (Wildman–Crippen MR) is 101 cm³/mol. The Labute approximate surface area is 151 Å². The topological polar surface area (TPSA) is 64.1 Å². The third kappa shape index (κ3) is 3.72. The molecule has 2 heterocycles. The molecule has 0 saturated heterocycles. The van der Waals surface area contributed by atoms with Gasteiger partial charge in [0.2, 0.25) is 5.91 Å². The molecule has 1 N–H and O–H groups in total. The number of aromatic nitrogens is 2. The first-order valence-corrected chi connectivity index (χ1v) is 8.66. The summed E-state index contributed by atoms with van der Waals surface area (Å²) in [6.45, 7) is 1.21. The third-order valence-corrected chi connectivity index (χ3v) is 4.39. The minimum atomic E-state index is -0.140. The van der Waals surface area contributed by atoms with E-state index in [4.69, 9.17) is 4.74 Å². The van der Waals surface area contributed by atoms with Crippen molar-refractivity contribution in [2.45, 2.75) is 6.42 Å². The summed E-state index contributed by atoms with van der Waals surface area (Å²) in [5, 5.41) is 2.94. The van der Waals surface area contributed by atoms with Crippen molar-refractivity contribution in [1.82, 2.24) is 15.3 Å². The van der Waals surface area contributed by atoms with E-state index in [2.05, 4.69) is 21.4 Å². The van der Waals surface area contributed by atoms with Crippen LogP contribution in [0.15, 0.2) is 60.8 Å². The van der Waals surface area contributed by atoms with Crippen LogP contribution in [0.5, 0.6) is 5.75 Å². The van der Waals surface area contributed by atoms with E-state index >= 15 is 0 Å². The Morgan fingerprint density at radius 2 is 1.96 bits per heavy atom. The van der Waals surface area contributed by atoms with Gasteiger partial charge in [-0.05, 0) is 36.3 Å². The van der Waals surface area contributed by atoms with E-state index in [1.807, 2.05) is 42.5 Å². The SMILES string of the molecule is O=C(C=Cc1cnc2ccccc2n1)NCC1COc2ccccc2C1. The highest BCUT2D eigenvalue weighted by molar-refractivity contribution is 5.91. The number of nitrogens with zero attached hydrogens (tertiary/aromatic N) is 2. The normalized spacial score (nSPS) is 16.2. The molecule has 0 fully saturated rings. The molecular formula is C21H19N3O2. The Morgan fingerprint density at radius 1 is 1.15 bits per heavy atom. The van der Waals surface area contributed by atoms with Crippen LogP contribution in [0.1, 0.15) is 11.3 Å². The van der Waals surface area contributed by atoms with Crippen molar-refractivity contribution in [2.24, 2.45) is 5.92 Å². The molecule has 1 aromatic heterocycles. The lowest BCUT2D eigenvalue weighted by atomic mass is 9.97. The smallest absolute Gasteiger partial charge is 0.244 e. The molecule has 4 rings (SSSR count). The molecule has 5 heteroatoms. The molecule has 5 nitrogen and oxygen atoms in total. The summed E-state index contributed by atoms with van der Waals surface area (Å²) in [7, 11) is 0. The van der Waals surface area contributed by atoms with E-state index in [0.29, 0.717) is 18.8 Å². The summed E-state index contributed by atoms with van der Waals surface area (Å²) in [6.07, 6.45) is 5.76. The van der Waals surface area contributed by atoms with Crippen LogP contribution >= 0.6 is 0 Å². The van der Waals surface area contributed by atoms with Crippen molar-refractivity contribution in [3.05, 3.63) is 72.1 Å². The van der Waals surface area contributed by atoms with Crippen molar-refractivity contribution < 1.29 is 9.53 Å². The summed E-state index contributed by atoms with van der Waals surface area (Å²) < 4.78 is 5.75. The monoisotopic (exact) mass is 345 g/mol. The van der Waals surface area contributed by atoms with Gasteiger partial charge in [-0.1, -0.05) is 30.3 Å². The molecule has 0 aliphatic carbocycles. The highest BCUT2D eigenvalue weighted by Crippen LogP contribution is 2.26. The number of nitrogens with one attached hydrogen (secondary N) is 1. The minimum absolute atomic E-state index is 0.140. The molecule has 0 spiro atoms. The number of benzene rings is 2. The highest BCUT2D eigenvalue weighted by atomic mass is 16.5. The number of carbonyl (C=O) groups is 1. The molecule has 26 heavy (non-hydrogen) atoms. The van der Waals surface area contributed by atoms with Gasteiger partial charge in [0, 0.05) is 18.5 Å². The van der Waals surface area contributed by atoms with E-state index in [1.165, 1.54) is 11.6 Å². The van der Waals surface area contributed by atoms with Crippen LogP contribution in [-0.4, -0.2) is 29.0 Å². The second kappa shape index (κ2) is 7.35. The number of fused-ring (bicyclic) bond motifs is 2. The first kappa shape index (κ1) is 16.3. The summed E-state index contributed by atoms with van der Waals surface area (Å²) >= 11 is 0. The molecule has 1 aliphatic rings. The fourth-order valence-corrected chi connectivity index (χ4v) is 3.04. The van der Waals surface area contributed by atoms with Gasteiger partial charge in [-0.25, -0.2) is 4.98 Å². The lowest BCUT2D eigenvalue weighted by Gasteiger charge is -2.25. The Morgan fingerprint density at radius 3 is 2.88 bits per heavy atom. The second-order valence-electron chi connectivity index (χ2n) is 6.35. The van der Waals surface area contributed by atoms with Crippen molar-refractivity contribution in [3.63, 3.8) is 0 Å². The number of hydrogen-bond acceptors (Lipinski definition) is 4. The number of ether oxygens (including phenoxy) is 1. The maximum Gasteiger partial charge on any atom is 0.244 e. The average Bonchev–Trinajstić information content (AvgIpc) is 2.70. The molecule has 130 valence electrons. The largest absolute Gasteiger partial charge is 0.493 e. The lowest BCUT2D eigenvalue weighted by Crippen LogP contribution is -2.33. The van der Waals surface area contributed by atoms with Crippen LogP contribution in [0, 0.1) is 5.92 Å². The maximum absolute atomic E-state index is 12.1. The molecule has 1 unspecified atom stereocenters. The fraction of sp³-hybridized carbons (Fsp3) is 0.190. The van der Waals surface area contributed by atoms with Gasteiger partial charge in [-0.2, -0.15) is 0 Å². The second-order valence-corrected chi connectivity index (χ2v) is 6.35. The molecular weight excluding hydrogens is 326 g/mol. The summed E-state index contributed by atoms with van der Waals surface area (Å²) in [6, 6.07) is 15.7. The Kier molecular flexibility index (Phi) is 4.60. The number of para-hydroxylation sites is 3. The van der Waals surface area contributed by atoms with E-state index in [1.54, 1.807) is 12.3 Å². The molecule has 0 saturated carbocycles. The Hall–Kier alpha value is -3.21. The van der Waals surface area contributed by atoms with Gasteiger partial charge in [0.15, 0.2) is 0 Å². The van der Waals surface area contributed by atoms with Gasteiger partial charge in [0.25, 0.3) is 0 Å². The van der Waals surface area contributed by atoms with Gasteiger partial charge in [0.05, 0.1) is 29.5 Å². The van der Waals surface area contributed by atoms with E-state index in [0.717, 1.165) is 23.2 Å². The van der Waals surface area contributed by atoms with Crippen LogP contribution in [0.25, 0.3) is 17.1 Å². The molecule has 2 aromatic carbocycles. The van der Waals surface area contributed by atoms with Crippen LogP contribution in [-0.2, 0) is 11.2 Å². The molecule has 1 atom stereocenters. The summed E-state index contributed by atoms with van der Waals surface area (Å²) in [4.78, 5) is 20.9. The third-order valence-electron chi connectivity index (χ3n) is 4.39. The number of hydrogen-bond donors (Lipinski definition) is 1. The minimum Gasteiger partial charge on any atom is -0.493 e. The summed E-state index contributed by atoms with van der Waals surface area (Å²) in [5.74, 6) is 1.09. The van der Waals surface area contributed by atoms with Crippen LogP contribution in [0.2, 0.25) is 0 Å². The summed E-state index contributed by atoms with van der Waals surface area (Å²) in [5.41, 5.74) is 3.51. The number of carbonyl (C=O) groups excluding carboxylic acids is 1. The average molecular weight is 345 g/mol. The van der Waals surface area contributed by atoms with Gasteiger partial charge >= 0.3 is 0 Å². The molecule has 0 radical (unpaired) electrons. The van der Waals surface area contributed by atoms with Gasteiger partial charge in [0.1, 0.15) is 5.75 Å². The fourth-order valence-electron chi connectivity index (χ4n) is 3.04. The number of amides is 1. The highest BCUT2D eigenvalue weighted by Gasteiger charge is 2.19. The molecule has 3 aromatic rings. The number of rotatable bonds is 4. The first-order chi connectivity index (χ1) is 12.8. The van der Waals surface area contributed by atoms with Crippen molar-refractivity contribution in [2.75, 3.05) is 13.2 Å². The standard InChI is InChI=1S/C21H19N3O2/c25-21(10-9-17-13-22-18-6-2-3-7-19(18)24-17)23-12-15-11-16-5-1-4-8-20(16)26-14-15/h1-10,13,15H,11-12,14H2,(H,23,25). The molecule has 0 bridgehead atoms. The molecule has 1 aliphatic heterocycles. The quantitative estimate of drug-likeness (QED) is 0.738. The zero-order chi connectivity index (χ0) is 17.8. The lowest BCUT2D eigenvalue weighted by molar-refractivity contribution is -0.116. The van der Waals surface area contributed by atoms with E-state index in [9.17, 15) is 4.79 Å². The zero-order valence-electron chi connectivity index (χ0n) is 14.3. The Balaban J connectivity index is 1.33. The van der Waals surface area contributed by atoms with Crippen molar-refractivity contribution in [3.8, 4) is 5.75 Å². The predicted octanol–water partition coefficient (Wildman–Crippen LogP) is 3.01. The van der Waals surface area contributed by atoms with Crippen molar-refractivity contribution in [1.29, 1.82) is 0 Å². The van der Waals surface area contributed by atoms with E-state index < -0.39 is 0 Å². The zero-order valence-corrected chi connectivity index (χ0v) is 14.3. The van der Waals surface area contributed by atoms with Crippen LogP contribution in [0.4, 0.5) is 0 Å². The van der Waals surface area contributed by atoms with Crippen molar-refractivity contribution >= 4 is 23.0 Å². The maximum atomic E-state index is 12.1. The molecule has 1 amide bonds. The van der Waals surface area contributed by atoms with Crippen LogP contribution in [0.3, 0.4) is 0 Å². The first-order valence-electron chi connectivity index (χ1n) is 8.66. The van der Waals surface area contributed by atoms with Gasteiger partial charge < -0.3 is 10.1 Å².